The van der Waals surface area contributed by atoms with Gasteiger partial charge in [0.1, 0.15) is 0 Å². The maximum absolute atomic E-state index is 13.2. The van der Waals surface area contributed by atoms with E-state index in [1.807, 2.05) is 0 Å². The summed E-state index contributed by atoms with van der Waals surface area (Å²) in [7, 11) is 0. The largest absolute Gasteiger partial charge is 0.353 e. The number of hydrogen-bond donors (Lipinski definition) is 1. The summed E-state index contributed by atoms with van der Waals surface area (Å²) in [6.45, 7) is 6.89. The lowest BCUT2D eigenvalue weighted by Gasteiger charge is -2.34. The van der Waals surface area contributed by atoms with Gasteiger partial charge in [-0.2, -0.15) is 10.1 Å². The second kappa shape index (κ2) is 6.82. The summed E-state index contributed by atoms with van der Waals surface area (Å²) in [5, 5.41) is 10.7. The second-order valence-electron chi connectivity index (χ2n) is 5.31. The maximum Gasteiger partial charge on any atom is 0.249 e. The fourth-order valence-electron chi connectivity index (χ4n) is 2.50. The van der Waals surface area contributed by atoms with Crippen LogP contribution in [-0.4, -0.2) is 52.8 Å². The van der Waals surface area contributed by atoms with Crippen molar-refractivity contribution >= 4 is 17.5 Å². The molecule has 0 radical (unpaired) electrons. The molecule has 1 aromatic heterocycles. The Kier molecular flexibility index (Phi) is 4.61. The number of nitrogens with one attached hydrogen (secondary N) is 1. The van der Waals surface area contributed by atoms with Crippen molar-refractivity contribution in [1.82, 2.24) is 20.1 Å². The lowest BCUT2D eigenvalue weighted by molar-refractivity contribution is 0.270. The summed E-state index contributed by atoms with van der Waals surface area (Å²) in [5.74, 6) is -0.834. The Morgan fingerprint density at radius 3 is 2.61 bits per heavy atom. The first-order chi connectivity index (χ1) is 11.2. The Labute approximate surface area is 133 Å². The Morgan fingerprint density at radius 2 is 1.91 bits per heavy atom. The molecule has 2 heterocycles. The molecule has 122 valence electrons. The average Bonchev–Trinajstić information content (AvgIpc) is 2.58. The van der Waals surface area contributed by atoms with Gasteiger partial charge < -0.3 is 15.1 Å². The molecule has 23 heavy (non-hydrogen) atoms. The van der Waals surface area contributed by atoms with E-state index in [0.29, 0.717) is 5.69 Å². The second-order valence-corrected chi connectivity index (χ2v) is 5.31. The van der Waals surface area contributed by atoms with Crippen molar-refractivity contribution in [2.24, 2.45) is 0 Å². The van der Waals surface area contributed by atoms with Crippen molar-refractivity contribution in [3.05, 3.63) is 36.0 Å². The minimum atomic E-state index is -0.921. The molecule has 1 aromatic carbocycles. The van der Waals surface area contributed by atoms with Crippen molar-refractivity contribution < 1.29 is 8.78 Å². The number of anilines is 3. The molecule has 0 amide bonds. The predicted molar refractivity (Wildman–Crippen MR) is 83.8 cm³/mol. The van der Waals surface area contributed by atoms with Crippen molar-refractivity contribution in [1.29, 1.82) is 0 Å². The van der Waals surface area contributed by atoms with Crippen LogP contribution in [0.3, 0.4) is 0 Å². The van der Waals surface area contributed by atoms with Crippen LogP contribution >= 0.6 is 0 Å². The number of aromatic nitrogens is 3. The topological polar surface area (TPSA) is 57.2 Å². The van der Waals surface area contributed by atoms with Gasteiger partial charge in [-0.05, 0) is 18.7 Å². The highest BCUT2D eigenvalue weighted by molar-refractivity contribution is 5.54. The lowest BCUT2D eigenvalue weighted by atomic mass is 10.3. The van der Waals surface area contributed by atoms with Crippen molar-refractivity contribution in [2.45, 2.75) is 6.92 Å². The van der Waals surface area contributed by atoms with Gasteiger partial charge in [0.15, 0.2) is 17.5 Å². The fraction of sp³-hybridized carbons (Fsp3) is 0.400. The quantitative estimate of drug-likeness (QED) is 0.930. The SMILES string of the molecule is CCN1CCN(c2cnnc(Nc3ccc(F)c(F)c3)n2)CC1. The third-order valence-electron chi connectivity index (χ3n) is 3.87. The first-order valence-corrected chi connectivity index (χ1v) is 7.55. The zero-order chi connectivity index (χ0) is 16.2. The number of piperazine rings is 1. The Morgan fingerprint density at radius 1 is 1.13 bits per heavy atom. The summed E-state index contributed by atoms with van der Waals surface area (Å²) in [6.07, 6.45) is 1.61. The molecule has 0 aliphatic carbocycles. The molecule has 1 fully saturated rings. The third-order valence-corrected chi connectivity index (χ3v) is 3.87. The first-order valence-electron chi connectivity index (χ1n) is 7.55. The maximum atomic E-state index is 13.2. The predicted octanol–water partition coefficient (Wildman–Crippen LogP) is 2.04. The van der Waals surface area contributed by atoms with Gasteiger partial charge in [0.25, 0.3) is 0 Å². The molecule has 0 unspecified atom stereocenters. The van der Waals surface area contributed by atoms with Crippen LogP contribution in [0.4, 0.5) is 26.2 Å². The van der Waals surface area contributed by atoms with Crippen LogP contribution < -0.4 is 10.2 Å². The summed E-state index contributed by atoms with van der Waals surface area (Å²) in [5.41, 5.74) is 0.374. The van der Waals surface area contributed by atoms with Crippen LogP contribution in [0.1, 0.15) is 6.92 Å². The van der Waals surface area contributed by atoms with Crippen LogP contribution in [0.5, 0.6) is 0 Å². The molecule has 0 atom stereocenters. The highest BCUT2D eigenvalue weighted by atomic mass is 19.2. The molecular formula is C15H18F2N6. The van der Waals surface area contributed by atoms with E-state index in [1.54, 1.807) is 6.20 Å². The normalized spacial score (nSPS) is 15.7. The monoisotopic (exact) mass is 320 g/mol. The van der Waals surface area contributed by atoms with Crippen LogP contribution in [-0.2, 0) is 0 Å². The zero-order valence-corrected chi connectivity index (χ0v) is 12.8. The molecular weight excluding hydrogens is 302 g/mol. The van der Waals surface area contributed by atoms with Gasteiger partial charge in [-0.25, -0.2) is 8.78 Å². The number of likely N-dealkylation sites (N-methyl/N-ethyl adjacent to an activating group) is 1. The van der Waals surface area contributed by atoms with E-state index in [2.05, 4.69) is 37.2 Å². The highest BCUT2D eigenvalue weighted by Gasteiger charge is 2.17. The molecule has 0 spiro atoms. The van der Waals surface area contributed by atoms with Crippen LogP contribution in [0.25, 0.3) is 0 Å². The van der Waals surface area contributed by atoms with E-state index < -0.39 is 11.6 Å². The fourth-order valence-corrected chi connectivity index (χ4v) is 2.50. The average molecular weight is 320 g/mol. The Hall–Kier alpha value is -2.35. The Bertz CT molecular complexity index is 673. The molecule has 3 rings (SSSR count). The van der Waals surface area contributed by atoms with Gasteiger partial charge in [0.05, 0.1) is 6.20 Å². The zero-order valence-electron chi connectivity index (χ0n) is 12.8. The van der Waals surface area contributed by atoms with Gasteiger partial charge in [-0.1, -0.05) is 6.92 Å². The van der Waals surface area contributed by atoms with Crippen molar-refractivity contribution in [2.75, 3.05) is 42.9 Å². The highest BCUT2D eigenvalue weighted by Crippen LogP contribution is 2.18. The molecule has 2 aromatic rings. The molecule has 6 nitrogen and oxygen atoms in total. The van der Waals surface area contributed by atoms with E-state index >= 15 is 0 Å². The van der Waals surface area contributed by atoms with Gasteiger partial charge in [0, 0.05) is 37.9 Å². The molecule has 1 saturated heterocycles. The van der Waals surface area contributed by atoms with E-state index in [1.165, 1.54) is 6.07 Å². The van der Waals surface area contributed by atoms with E-state index in [4.69, 9.17) is 0 Å². The molecule has 8 heteroatoms. The number of halogens is 2. The summed E-state index contributed by atoms with van der Waals surface area (Å²) in [4.78, 5) is 8.90. The molecule has 0 saturated carbocycles. The van der Waals surface area contributed by atoms with E-state index in [0.717, 1.165) is 50.7 Å². The van der Waals surface area contributed by atoms with Crippen LogP contribution in [0, 0.1) is 11.6 Å². The van der Waals surface area contributed by atoms with Crippen LogP contribution in [0.2, 0.25) is 0 Å². The van der Waals surface area contributed by atoms with Gasteiger partial charge in [0.2, 0.25) is 5.95 Å². The minimum absolute atomic E-state index is 0.256. The van der Waals surface area contributed by atoms with Gasteiger partial charge >= 0.3 is 0 Å². The van der Waals surface area contributed by atoms with Gasteiger partial charge in [-0.15, -0.1) is 5.10 Å². The number of nitrogens with zero attached hydrogens (tertiary/aromatic N) is 5. The Balaban J connectivity index is 1.71. The molecule has 1 N–H and O–H groups in total. The number of hydrogen-bond acceptors (Lipinski definition) is 6. The first kappa shape index (κ1) is 15.5. The molecule has 0 bridgehead atoms. The van der Waals surface area contributed by atoms with Crippen LogP contribution in [0.15, 0.2) is 24.4 Å². The smallest absolute Gasteiger partial charge is 0.249 e. The third kappa shape index (κ3) is 3.70. The lowest BCUT2D eigenvalue weighted by Crippen LogP contribution is -2.46. The summed E-state index contributed by atoms with van der Waals surface area (Å²) in [6, 6.07) is 3.54. The van der Waals surface area contributed by atoms with Gasteiger partial charge in [-0.3, -0.25) is 0 Å². The standard InChI is InChI=1S/C15H18F2N6/c1-2-22-5-7-23(8-6-22)14-10-18-21-15(20-14)19-11-3-4-12(16)13(17)9-11/h3-4,9-10H,2,5-8H2,1H3,(H,19,20,21). The van der Waals surface area contributed by atoms with E-state index in [-0.39, 0.29) is 5.95 Å². The number of rotatable bonds is 4. The summed E-state index contributed by atoms with van der Waals surface area (Å²) >= 11 is 0. The minimum Gasteiger partial charge on any atom is -0.353 e. The van der Waals surface area contributed by atoms with Crippen molar-refractivity contribution in [3.8, 4) is 0 Å². The van der Waals surface area contributed by atoms with Crippen molar-refractivity contribution in [3.63, 3.8) is 0 Å². The van der Waals surface area contributed by atoms with E-state index in [9.17, 15) is 8.78 Å². The number of benzene rings is 1. The molecule has 1 aliphatic heterocycles. The molecule has 1 aliphatic rings. The summed E-state index contributed by atoms with van der Waals surface area (Å²) < 4.78 is 26.2.